The summed E-state index contributed by atoms with van der Waals surface area (Å²) < 4.78 is 11.1. The molecule has 33 heavy (non-hydrogen) atoms. The highest BCUT2D eigenvalue weighted by molar-refractivity contribution is 7.18. The van der Waals surface area contributed by atoms with Gasteiger partial charge in [-0.3, -0.25) is 4.79 Å². The van der Waals surface area contributed by atoms with E-state index in [4.69, 9.17) is 21.1 Å². The number of benzene rings is 1. The Hall–Kier alpha value is -3.25. The molecule has 0 unspecified atom stereocenters. The van der Waals surface area contributed by atoms with Crippen LogP contribution in [-0.2, 0) is 16.1 Å². The molecular weight excluding hydrogens is 470 g/mol. The number of aromatic nitrogens is 5. The summed E-state index contributed by atoms with van der Waals surface area (Å²) in [5, 5.41) is 16.4. The monoisotopic (exact) mass is 489 g/mol. The van der Waals surface area contributed by atoms with E-state index in [-0.39, 0.29) is 12.5 Å². The van der Waals surface area contributed by atoms with E-state index < -0.39 is 11.7 Å². The number of hydrogen-bond acceptors (Lipinski definition) is 10. The number of halogens is 1. The number of esters is 1. The van der Waals surface area contributed by atoms with Crippen LogP contribution in [0.1, 0.15) is 30.1 Å². The van der Waals surface area contributed by atoms with Crippen LogP contribution in [0.15, 0.2) is 24.4 Å². The quantitative estimate of drug-likeness (QED) is 0.536. The highest BCUT2D eigenvalue weighted by Gasteiger charge is 2.43. The molecule has 0 aliphatic carbocycles. The summed E-state index contributed by atoms with van der Waals surface area (Å²) in [7, 11) is 0. The number of rotatable bonds is 5. The lowest BCUT2D eigenvalue weighted by molar-refractivity contribution is -0.144. The number of thiazole rings is 1. The largest absolute Gasteiger partial charge is 0.466 e. The van der Waals surface area contributed by atoms with Crippen molar-refractivity contribution in [2.24, 2.45) is 0 Å². The fourth-order valence-corrected chi connectivity index (χ4v) is 4.92. The third-order valence-electron chi connectivity index (χ3n) is 5.43. The molecule has 1 saturated heterocycles. The third kappa shape index (κ3) is 4.23. The predicted molar refractivity (Wildman–Crippen MR) is 119 cm³/mol. The predicted octanol–water partition coefficient (Wildman–Crippen LogP) is 2.13. The fraction of sp³-hybridized carbons (Fsp3) is 0.400. The number of anilines is 1. The highest BCUT2D eigenvalue weighted by atomic mass is 35.5. The molecule has 0 atom stereocenters. The van der Waals surface area contributed by atoms with E-state index in [1.54, 1.807) is 31.3 Å². The van der Waals surface area contributed by atoms with E-state index >= 15 is 0 Å². The first-order valence-electron chi connectivity index (χ1n) is 10.4. The normalized spacial score (nSPS) is 16.8. The number of ether oxygens (including phenoxy) is 2. The van der Waals surface area contributed by atoms with Crippen molar-refractivity contribution in [3.8, 4) is 16.5 Å². The lowest BCUT2D eigenvalue weighted by Gasteiger charge is -2.44. The minimum Gasteiger partial charge on any atom is -0.466 e. The lowest BCUT2D eigenvalue weighted by Crippen LogP contribution is -2.61. The average Bonchev–Trinajstić information content (AvgIpc) is 3.45. The molecule has 2 aromatic heterocycles. The zero-order valence-corrected chi connectivity index (χ0v) is 19.2. The zero-order valence-electron chi connectivity index (χ0n) is 17.7. The van der Waals surface area contributed by atoms with E-state index in [1.165, 1.54) is 16.1 Å². The third-order valence-corrected chi connectivity index (χ3v) is 6.79. The van der Waals surface area contributed by atoms with Gasteiger partial charge in [-0.2, -0.15) is 4.80 Å². The van der Waals surface area contributed by atoms with Gasteiger partial charge in [0.2, 0.25) is 5.82 Å². The van der Waals surface area contributed by atoms with E-state index in [2.05, 4.69) is 30.6 Å². The average molecular weight is 490 g/mol. The second kappa shape index (κ2) is 8.60. The van der Waals surface area contributed by atoms with Crippen LogP contribution in [-0.4, -0.2) is 62.5 Å². The minimum atomic E-state index is -0.789. The smallest absolute Gasteiger partial charge is 0.329 e. The minimum absolute atomic E-state index is 0.0976. The van der Waals surface area contributed by atoms with Gasteiger partial charge in [0.25, 0.3) is 5.91 Å². The van der Waals surface area contributed by atoms with Crippen LogP contribution < -0.4 is 15.0 Å². The molecule has 0 saturated carbocycles. The van der Waals surface area contributed by atoms with Crippen molar-refractivity contribution in [1.82, 2.24) is 30.5 Å². The summed E-state index contributed by atoms with van der Waals surface area (Å²) in [4.78, 5) is 32.8. The number of hydrogen-bond donors (Lipinski definition) is 1. The van der Waals surface area contributed by atoms with Gasteiger partial charge >= 0.3 is 5.97 Å². The summed E-state index contributed by atoms with van der Waals surface area (Å²) in [5.41, 5.74) is -0.341. The van der Waals surface area contributed by atoms with Crippen molar-refractivity contribution in [2.45, 2.75) is 32.0 Å². The van der Waals surface area contributed by atoms with Crippen LogP contribution in [0.4, 0.5) is 5.13 Å². The van der Waals surface area contributed by atoms with E-state index in [0.717, 1.165) is 10.0 Å². The van der Waals surface area contributed by atoms with Crippen LogP contribution in [0.2, 0.25) is 5.02 Å². The Labute approximate surface area is 197 Å². The molecule has 2 aliphatic rings. The lowest BCUT2D eigenvalue weighted by atomic mass is 9.97. The van der Waals surface area contributed by atoms with Gasteiger partial charge in [-0.05, 0) is 24.3 Å². The summed E-state index contributed by atoms with van der Waals surface area (Å²) in [5.74, 6) is 0.228. The van der Waals surface area contributed by atoms with Crippen molar-refractivity contribution < 1.29 is 19.1 Å². The molecule has 1 fully saturated rings. The van der Waals surface area contributed by atoms with Crippen molar-refractivity contribution >= 4 is 39.9 Å². The summed E-state index contributed by atoms with van der Waals surface area (Å²) in [6.07, 6.45) is 2.84. The van der Waals surface area contributed by atoms with Crippen molar-refractivity contribution in [2.75, 3.05) is 24.6 Å². The molecule has 0 bridgehead atoms. The summed E-state index contributed by atoms with van der Waals surface area (Å²) in [6, 6.07) is 5.15. The zero-order chi connectivity index (χ0) is 23.0. The van der Waals surface area contributed by atoms with Crippen LogP contribution in [0.5, 0.6) is 5.75 Å². The van der Waals surface area contributed by atoms with Crippen molar-refractivity contribution in [3.63, 3.8) is 0 Å². The second-order valence-corrected chi connectivity index (χ2v) is 9.03. The Balaban J connectivity index is 1.25. The molecule has 2 aliphatic heterocycles. The van der Waals surface area contributed by atoms with Crippen LogP contribution in [0.25, 0.3) is 10.7 Å². The second-order valence-electron chi connectivity index (χ2n) is 7.61. The molecule has 4 heterocycles. The van der Waals surface area contributed by atoms with Crippen molar-refractivity contribution in [3.05, 3.63) is 35.0 Å². The van der Waals surface area contributed by atoms with Gasteiger partial charge in [0.05, 0.1) is 28.3 Å². The number of nitrogens with zero attached hydrogens (tertiary/aromatic N) is 6. The Morgan fingerprint density at radius 3 is 2.97 bits per heavy atom. The first-order chi connectivity index (χ1) is 16.0. The SMILES string of the molecule is CCOC(=O)Cn1nnc(-c2cnc(N3CCC4(CC3)NC(=O)c3cccc(Cl)c3O4)s2)n1. The maximum atomic E-state index is 12.6. The Morgan fingerprint density at radius 2 is 2.18 bits per heavy atom. The summed E-state index contributed by atoms with van der Waals surface area (Å²) >= 11 is 7.71. The molecule has 5 rings (SSSR count). The Morgan fingerprint density at radius 1 is 1.36 bits per heavy atom. The number of para-hydroxylation sites is 1. The number of tetrazole rings is 1. The van der Waals surface area contributed by atoms with Gasteiger partial charge < -0.3 is 19.7 Å². The molecule has 3 aromatic rings. The first-order valence-corrected chi connectivity index (χ1v) is 11.6. The van der Waals surface area contributed by atoms with E-state index in [1.807, 2.05) is 0 Å². The number of piperidine rings is 1. The van der Waals surface area contributed by atoms with Crippen LogP contribution in [0.3, 0.4) is 0 Å². The highest BCUT2D eigenvalue weighted by Crippen LogP contribution is 2.39. The van der Waals surface area contributed by atoms with Gasteiger partial charge in [0.15, 0.2) is 23.2 Å². The standard InChI is InChI=1S/C20H20ClN7O4S/c1-2-31-15(29)11-28-25-17(24-26-28)14-10-22-19(33-14)27-8-6-20(7-9-27)23-18(30)12-4-3-5-13(21)16(12)32-20/h3-5,10H,2,6-9,11H2,1H3,(H,23,30). The molecule has 1 N–H and O–H groups in total. The Bertz CT molecular complexity index is 1200. The molecule has 1 spiro atoms. The number of nitrogens with one attached hydrogen (secondary N) is 1. The summed E-state index contributed by atoms with van der Waals surface area (Å²) in [6.45, 7) is 3.21. The van der Waals surface area contributed by atoms with Crippen LogP contribution >= 0.6 is 22.9 Å². The number of amides is 1. The van der Waals surface area contributed by atoms with Crippen LogP contribution in [0, 0.1) is 0 Å². The maximum absolute atomic E-state index is 12.6. The molecule has 1 aromatic carbocycles. The fourth-order valence-electron chi connectivity index (χ4n) is 3.82. The van der Waals surface area contributed by atoms with Gasteiger partial charge in [-0.15, -0.1) is 10.2 Å². The molecular formula is C20H20ClN7O4S. The van der Waals surface area contributed by atoms with E-state index in [9.17, 15) is 9.59 Å². The van der Waals surface area contributed by atoms with Gasteiger partial charge in [-0.25, -0.2) is 9.78 Å². The molecule has 1 amide bonds. The first kappa shape index (κ1) is 21.6. The number of carbonyl (C=O) groups excluding carboxylic acids is 2. The molecule has 13 heteroatoms. The van der Waals surface area contributed by atoms with Gasteiger partial charge in [0.1, 0.15) is 0 Å². The van der Waals surface area contributed by atoms with Crippen molar-refractivity contribution in [1.29, 1.82) is 0 Å². The molecule has 0 radical (unpaired) electrons. The molecule has 11 nitrogen and oxygen atoms in total. The Kier molecular flexibility index (Phi) is 5.62. The maximum Gasteiger partial charge on any atom is 0.329 e. The topological polar surface area (TPSA) is 124 Å². The number of fused-ring (bicyclic) bond motifs is 1. The molecule has 172 valence electrons. The number of carbonyl (C=O) groups is 2. The van der Waals surface area contributed by atoms with E-state index in [0.29, 0.717) is 54.7 Å². The van der Waals surface area contributed by atoms with Gasteiger partial charge in [0, 0.05) is 25.9 Å². The van der Waals surface area contributed by atoms with Gasteiger partial charge in [-0.1, -0.05) is 29.0 Å².